The van der Waals surface area contributed by atoms with Gasteiger partial charge in [0, 0.05) is 18.8 Å². The molecule has 82 valence electrons. The van der Waals surface area contributed by atoms with E-state index in [1.807, 2.05) is 25.3 Å². The number of aryl methyl sites for hydroxylation is 1. The summed E-state index contributed by atoms with van der Waals surface area (Å²) in [7, 11) is 0. The van der Waals surface area contributed by atoms with Crippen LogP contribution in [0.1, 0.15) is 18.4 Å². The van der Waals surface area contributed by atoms with Gasteiger partial charge in [-0.25, -0.2) is 4.98 Å². The maximum Gasteiger partial charge on any atom is 0.213 e. The quantitative estimate of drug-likeness (QED) is 0.752. The molecule has 1 fully saturated rings. The summed E-state index contributed by atoms with van der Waals surface area (Å²) in [6, 6.07) is 3.96. The average Bonchev–Trinajstić information content (AvgIpc) is 2.74. The van der Waals surface area contributed by atoms with E-state index in [0.717, 1.165) is 19.0 Å². The SMILES string of the molecule is Cc1ccc(OCCN2CCCC2)nc1. The third kappa shape index (κ3) is 3.20. The monoisotopic (exact) mass is 206 g/mol. The summed E-state index contributed by atoms with van der Waals surface area (Å²) in [4.78, 5) is 6.64. The Morgan fingerprint density at radius 2 is 2.13 bits per heavy atom. The van der Waals surface area contributed by atoms with Crippen molar-refractivity contribution >= 4 is 0 Å². The van der Waals surface area contributed by atoms with Crippen LogP contribution in [-0.2, 0) is 0 Å². The summed E-state index contributed by atoms with van der Waals surface area (Å²) in [5, 5.41) is 0. The first-order chi connectivity index (χ1) is 7.34. The molecule has 1 aromatic heterocycles. The minimum atomic E-state index is 0.736. The van der Waals surface area contributed by atoms with Gasteiger partial charge in [-0.15, -0.1) is 0 Å². The number of likely N-dealkylation sites (tertiary alicyclic amines) is 1. The van der Waals surface area contributed by atoms with Gasteiger partial charge in [-0.3, -0.25) is 4.90 Å². The van der Waals surface area contributed by atoms with Crippen LogP contribution in [0.5, 0.6) is 5.88 Å². The second-order valence-corrected chi connectivity index (χ2v) is 4.07. The first-order valence-electron chi connectivity index (χ1n) is 5.62. The van der Waals surface area contributed by atoms with Crippen LogP contribution in [0.15, 0.2) is 18.3 Å². The van der Waals surface area contributed by atoms with Crippen LogP contribution in [0.2, 0.25) is 0 Å². The van der Waals surface area contributed by atoms with Crippen LogP contribution >= 0.6 is 0 Å². The van der Waals surface area contributed by atoms with Gasteiger partial charge in [-0.1, -0.05) is 6.07 Å². The molecule has 0 atom stereocenters. The number of hydrogen-bond donors (Lipinski definition) is 0. The Morgan fingerprint density at radius 1 is 1.33 bits per heavy atom. The van der Waals surface area contributed by atoms with Crippen molar-refractivity contribution in [2.45, 2.75) is 19.8 Å². The van der Waals surface area contributed by atoms with Crippen molar-refractivity contribution in [1.82, 2.24) is 9.88 Å². The predicted molar refractivity (Wildman–Crippen MR) is 60.1 cm³/mol. The maximum absolute atomic E-state index is 5.57. The first kappa shape index (κ1) is 10.4. The smallest absolute Gasteiger partial charge is 0.213 e. The second kappa shape index (κ2) is 5.12. The van der Waals surface area contributed by atoms with Gasteiger partial charge in [0.1, 0.15) is 6.61 Å². The summed E-state index contributed by atoms with van der Waals surface area (Å²) >= 11 is 0. The Hall–Kier alpha value is -1.09. The number of pyridine rings is 1. The third-order valence-corrected chi connectivity index (χ3v) is 2.74. The molecule has 0 aromatic carbocycles. The normalized spacial score (nSPS) is 16.9. The fraction of sp³-hybridized carbons (Fsp3) is 0.583. The highest BCUT2D eigenvalue weighted by molar-refractivity contribution is 5.16. The van der Waals surface area contributed by atoms with Crippen molar-refractivity contribution in [2.75, 3.05) is 26.2 Å². The van der Waals surface area contributed by atoms with E-state index in [0.29, 0.717) is 0 Å². The molecule has 1 saturated heterocycles. The van der Waals surface area contributed by atoms with E-state index >= 15 is 0 Å². The highest BCUT2D eigenvalue weighted by Crippen LogP contribution is 2.08. The zero-order valence-corrected chi connectivity index (χ0v) is 9.28. The fourth-order valence-electron chi connectivity index (χ4n) is 1.83. The number of hydrogen-bond acceptors (Lipinski definition) is 3. The van der Waals surface area contributed by atoms with Gasteiger partial charge in [-0.2, -0.15) is 0 Å². The molecular weight excluding hydrogens is 188 g/mol. The number of ether oxygens (including phenoxy) is 1. The maximum atomic E-state index is 5.57. The molecule has 0 N–H and O–H groups in total. The Labute approximate surface area is 91.1 Å². The topological polar surface area (TPSA) is 25.4 Å². The molecule has 0 spiro atoms. The van der Waals surface area contributed by atoms with Crippen LogP contribution < -0.4 is 4.74 Å². The molecule has 2 heterocycles. The van der Waals surface area contributed by atoms with Crippen molar-refractivity contribution in [3.05, 3.63) is 23.9 Å². The predicted octanol–water partition coefficient (Wildman–Crippen LogP) is 1.86. The molecule has 0 bridgehead atoms. The lowest BCUT2D eigenvalue weighted by Gasteiger charge is -2.14. The summed E-state index contributed by atoms with van der Waals surface area (Å²) < 4.78 is 5.57. The van der Waals surface area contributed by atoms with Crippen LogP contribution in [0.25, 0.3) is 0 Å². The molecular formula is C12H18N2O. The van der Waals surface area contributed by atoms with E-state index in [1.54, 1.807) is 0 Å². The third-order valence-electron chi connectivity index (χ3n) is 2.74. The Morgan fingerprint density at radius 3 is 2.80 bits per heavy atom. The average molecular weight is 206 g/mol. The molecule has 1 aliphatic rings. The lowest BCUT2D eigenvalue weighted by atomic mass is 10.3. The van der Waals surface area contributed by atoms with Gasteiger partial charge in [0.25, 0.3) is 0 Å². The van der Waals surface area contributed by atoms with E-state index in [-0.39, 0.29) is 0 Å². The standard InChI is InChI=1S/C12H18N2O/c1-11-4-5-12(13-10-11)15-9-8-14-6-2-3-7-14/h4-5,10H,2-3,6-9H2,1H3. The van der Waals surface area contributed by atoms with Gasteiger partial charge in [0.05, 0.1) is 0 Å². The van der Waals surface area contributed by atoms with Crippen LogP contribution in [0, 0.1) is 6.92 Å². The Balaban J connectivity index is 1.71. The molecule has 3 nitrogen and oxygen atoms in total. The van der Waals surface area contributed by atoms with Crippen molar-refractivity contribution in [1.29, 1.82) is 0 Å². The highest BCUT2D eigenvalue weighted by atomic mass is 16.5. The van der Waals surface area contributed by atoms with Gasteiger partial charge in [-0.05, 0) is 38.4 Å². The fourth-order valence-corrected chi connectivity index (χ4v) is 1.83. The van der Waals surface area contributed by atoms with Crippen LogP contribution in [0.3, 0.4) is 0 Å². The largest absolute Gasteiger partial charge is 0.476 e. The zero-order chi connectivity index (χ0) is 10.5. The van der Waals surface area contributed by atoms with Crippen LogP contribution in [-0.4, -0.2) is 36.1 Å². The molecule has 1 aromatic rings. The molecule has 15 heavy (non-hydrogen) atoms. The number of rotatable bonds is 4. The van der Waals surface area contributed by atoms with Crippen molar-refractivity contribution in [3.8, 4) is 5.88 Å². The second-order valence-electron chi connectivity index (χ2n) is 4.07. The molecule has 0 radical (unpaired) electrons. The first-order valence-corrected chi connectivity index (χ1v) is 5.62. The van der Waals surface area contributed by atoms with E-state index < -0.39 is 0 Å². The number of aromatic nitrogens is 1. The molecule has 1 aliphatic heterocycles. The molecule has 2 rings (SSSR count). The summed E-state index contributed by atoms with van der Waals surface area (Å²) in [5.74, 6) is 0.736. The lowest BCUT2D eigenvalue weighted by molar-refractivity contribution is 0.232. The van der Waals surface area contributed by atoms with Gasteiger partial charge in [0.2, 0.25) is 5.88 Å². The van der Waals surface area contributed by atoms with E-state index in [1.165, 1.54) is 31.5 Å². The van der Waals surface area contributed by atoms with Gasteiger partial charge in [0.15, 0.2) is 0 Å². The van der Waals surface area contributed by atoms with E-state index in [2.05, 4.69) is 9.88 Å². The Bertz CT molecular complexity index is 291. The van der Waals surface area contributed by atoms with Crippen molar-refractivity contribution in [3.63, 3.8) is 0 Å². The highest BCUT2D eigenvalue weighted by Gasteiger charge is 2.10. The Kier molecular flexibility index (Phi) is 3.56. The molecule has 0 saturated carbocycles. The summed E-state index contributed by atoms with van der Waals surface area (Å²) in [6.07, 6.45) is 4.51. The van der Waals surface area contributed by atoms with Gasteiger partial charge >= 0.3 is 0 Å². The van der Waals surface area contributed by atoms with Crippen LogP contribution in [0.4, 0.5) is 0 Å². The lowest BCUT2D eigenvalue weighted by Crippen LogP contribution is -2.25. The summed E-state index contributed by atoms with van der Waals surface area (Å²) in [5.41, 5.74) is 1.17. The van der Waals surface area contributed by atoms with E-state index in [9.17, 15) is 0 Å². The minimum absolute atomic E-state index is 0.736. The van der Waals surface area contributed by atoms with E-state index in [4.69, 9.17) is 4.74 Å². The summed E-state index contributed by atoms with van der Waals surface area (Å²) in [6.45, 7) is 6.25. The molecule has 3 heteroatoms. The minimum Gasteiger partial charge on any atom is -0.476 e. The molecule has 0 amide bonds. The molecule has 0 unspecified atom stereocenters. The van der Waals surface area contributed by atoms with Crippen molar-refractivity contribution < 1.29 is 4.74 Å². The van der Waals surface area contributed by atoms with Gasteiger partial charge < -0.3 is 4.74 Å². The van der Waals surface area contributed by atoms with Crippen molar-refractivity contribution in [2.24, 2.45) is 0 Å². The number of nitrogens with zero attached hydrogens (tertiary/aromatic N) is 2. The zero-order valence-electron chi connectivity index (χ0n) is 9.28. The molecule has 0 aliphatic carbocycles.